The first-order valence-electron chi connectivity index (χ1n) is 12.4. The largest absolute Gasteiger partial charge is 0.444 e. The number of likely N-dealkylation sites (N-methyl/N-ethyl adjacent to an activating group) is 1. The number of ether oxygens (including phenoxy) is 1. The third-order valence-electron chi connectivity index (χ3n) is 5.67. The average molecular weight is 521 g/mol. The van der Waals surface area contributed by atoms with Gasteiger partial charge in [-0.05, 0) is 52.3 Å². The van der Waals surface area contributed by atoms with E-state index in [0.29, 0.717) is 36.7 Å². The number of hydrogen-bond acceptors (Lipinski definition) is 8. The third-order valence-corrected chi connectivity index (χ3v) is 5.67. The van der Waals surface area contributed by atoms with E-state index in [-0.39, 0.29) is 5.91 Å². The Morgan fingerprint density at radius 2 is 2.00 bits per heavy atom. The molecule has 3 N–H and O–H groups in total. The predicted octanol–water partition coefficient (Wildman–Crippen LogP) is 3.65. The van der Waals surface area contributed by atoms with Crippen molar-refractivity contribution in [1.82, 2.24) is 30.0 Å². The summed E-state index contributed by atoms with van der Waals surface area (Å²) in [6, 6.07) is 5.29. The molecule has 2 heterocycles. The minimum atomic E-state index is -0.648. The van der Waals surface area contributed by atoms with Gasteiger partial charge in [0.05, 0.1) is 23.5 Å². The Labute approximate surface area is 223 Å². The first kappa shape index (κ1) is 28.2. The van der Waals surface area contributed by atoms with E-state index in [4.69, 9.17) is 4.74 Å². The lowest BCUT2D eigenvalue weighted by atomic mass is 10.2. The van der Waals surface area contributed by atoms with Crippen LogP contribution in [0.2, 0.25) is 0 Å². The summed E-state index contributed by atoms with van der Waals surface area (Å²) in [5.41, 5.74) is 1.96. The van der Waals surface area contributed by atoms with E-state index in [1.165, 1.54) is 4.90 Å². The van der Waals surface area contributed by atoms with Crippen LogP contribution in [0.1, 0.15) is 46.1 Å². The van der Waals surface area contributed by atoms with Crippen LogP contribution in [0, 0.1) is 11.8 Å². The molecule has 0 aliphatic rings. The Morgan fingerprint density at radius 3 is 2.71 bits per heavy atom. The van der Waals surface area contributed by atoms with Crippen LogP contribution in [0.25, 0.3) is 10.9 Å². The van der Waals surface area contributed by atoms with Crippen molar-refractivity contribution in [2.75, 3.05) is 31.3 Å². The standard InChI is InChI=1S/C27H36N8O3/c1-18(34(6)26(37)38-27(2,3)4)24(36)29-14-10-8-9-11-19-16-30-25(33-23(19)28-5)32-21-12-13-22-20(15-21)17-31-35(22)7/h12-13,15-18H,8,10,14H2,1-7H3,(H,29,36)(H2,28,30,32,33)/t18-/m0/s1. The highest BCUT2D eigenvalue weighted by Crippen LogP contribution is 2.21. The molecule has 0 aliphatic heterocycles. The molecule has 2 amide bonds. The van der Waals surface area contributed by atoms with Crippen molar-refractivity contribution < 1.29 is 14.3 Å². The third kappa shape index (κ3) is 7.59. The van der Waals surface area contributed by atoms with Crippen LogP contribution in [0.15, 0.2) is 30.6 Å². The lowest BCUT2D eigenvalue weighted by molar-refractivity contribution is -0.125. The highest BCUT2D eigenvalue weighted by Gasteiger charge is 2.26. The van der Waals surface area contributed by atoms with Gasteiger partial charge in [0.2, 0.25) is 11.9 Å². The molecule has 0 radical (unpaired) electrons. The van der Waals surface area contributed by atoms with Crippen molar-refractivity contribution in [3.63, 3.8) is 0 Å². The number of anilines is 3. The predicted molar refractivity (Wildman–Crippen MR) is 148 cm³/mol. The number of aryl methyl sites for hydroxylation is 1. The fraction of sp³-hybridized carbons (Fsp3) is 0.444. The van der Waals surface area contributed by atoms with Gasteiger partial charge < -0.3 is 20.7 Å². The number of nitrogens with one attached hydrogen (secondary N) is 3. The van der Waals surface area contributed by atoms with E-state index in [9.17, 15) is 9.59 Å². The summed E-state index contributed by atoms with van der Waals surface area (Å²) in [5.74, 6) is 7.01. The molecule has 11 nitrogen and oxygen atoms in total. The zero-order valence-electron chi connectivity index (χ0n) is 23.0. The molecule has 0 aliphatic carbocycles. The number of aromatic nitrogens is 4. The zero-order chi connectivity index (χ0) is 27.9. The Kier molecular flexibility index (Phi) is 9.12. The maximum atomic E-state index is 12.4. The van der Waals surface area contributed by atoms with E-state index >= 15 is 0 Å². The van der Waals surface area contributed by atoms with Crippen molar-refractivity contribution in [2.24, 2.45) is 7.05 Å². The van der Waals surface area contributed by atoms with Gasteiger partial charge in [0.1, 0.15) is 17.5 Å². The van der Waals surface area contributed by atoms with Crippen LogP contribution in [0.5, 0.6) is 0 Å². The first-order valence-corrected chi connectivity index (χ1v) is 12.4. The summed E-state index contributed by atoms with van der Waals surface area (Å²) >= 11 is 0. The fourth-order valence-electron chi connectivity index (χ4n) is 3.46. The molecule has 202 valence electrons. The van der Waals surface area contributed by atoms with Crippen molar-refractivity contribution in [2.45, 2.75) is 52.2 Å². The molecule has 0 unspecified atom stereocenters. The summed E-state index contributed by atoms with van der Waals surface area (Å²) < 4.78 is 7.13. The van der Waals surface area contributed by atoms with Gasteiger partial charge in [0, 0.05) is 45.2 Å². The quantitative estimate of drug-likeness (QED) is 0.304. The van der Waals surface area contributed by atoms with Gasteiger partial charge in [0.15, 0.2) is 0 Å². The summed E-state index contributed by atoms with van der Waals surface area (Å²) in [6.07, 6.45) is 4.18. The summed E-state index contributed by atoms with van der Waals surface area (Å²) in [6.45, 7) is 7.46. The van der Waals surface area contributed by atoms with E-state index in [1.807, 2.05) is 36.1 Å². The topological polar surface area (TPSA) is 126 Å². The van der Waals surface area contributed by atoms with Gasteiger partial charge >= 0.3 is 6.09 Å². The molecule has 3 rings (SSSR count). The van der Waals surface area contributed by atoms with Crippen LogP contribution in [-0.2, 0) is 16.6 Å². The van der Waals surface area contributed by atoms with Crippen LogP contribution in [0.4, 0.5) is 22.2 Å². The molecule has 2 aromatic heterocycles. The molecular formula is C27H36N8O3. The number of amides is 2. The lowest BCUT2D eigenvalue weighted by Crippen LogP contribution is -2.47. The Morgan fingerprint density at radius 1 is 1.24 bits per heavy atom. The number of carbonyl (C=O) groups is 2. The van der Waals surface area contributed by atoms with Crippen LogP contribution >= 0.6 is 0 Å². The molecule has 0 spiro atoms. The molecule has 38 heavy (non-hydrogen) atoms. The first-order chi connectivity index (χ1) is 18.0. The van der Waals surface area contributed by atoms with Gasteiger partial charge in [-0.1, -0.05) is 11.8 Å². The molecule has 0 bridgehead atoms. The van der Waals surface area contributed by atoms with Gasteiger partial charge in [-0.25, -0.2) is 9.78 Å². The summed E-state index contributed by atoms with van der Waals surface area (Å²) in [4.78, 5) is 34.7. The second-order valence-electron chi connectivity index (χ2n) is 9.84. The number of carbonyl (C=O) groups excluding carboxylic acids is 2. The van der Waals surface area contributed by atoms with Crippen LogP contribution in [0.3, 0.4) is 0 Å². The molecule has 1 aromatic carbocycles. The number of rotatable bonds is 8. The number of hydrogen-bond donors (Lipinski definition) is 3. The Bertz CT molecular complexity index is 1350. The highest BCUT2D eigenvalue weighted by atomic mass is 16.6. The van der Waals surface area contributed by atoms with Gasteiger partial charge in [-0.3, -0.25) is 14.4 Å². The molecule has 11 heteroatoms. The molecule has 0 saturated heterocycles. The molecule has 0 saturated carbocycles. The SMILES string of the molecule is CNc1nc(Nc2ccc3c(cnn3C)c2)ncc1C#CCCCNC(=O)[C@H](C)N(C)C(=O)OC(C)(C)C. The maximum Gasteiger partial charge on any atom is 0.410 e. The number of unbranched alkanes of at least 4 members (excludes halogenated alkanes) is 1. The number of benzene rings is 1. The van der Waals surface area contributed by atoms with Gasteiger partial charge in [0.25, 0.3) is 0 Å². The average Bonchev–Trinajstić information content (AvgIpc) is 3.24. The molecule has 1 atom stereocenters. The van der Waals surface area contributed by atoms with Gasteiger partial charge in [-0.15, -0.1) is 0 Å². The number of nitrogens with zero attached hydrogens (tertiary/aromatic N) is 5. The van der Waals surface area contributed by atoms with E-state index in [1.54, 1.807) is 48.0 Å². The second kappa shape index (κ2) is 12.3. The van der Waals surface area contributed by atoms with Crippen molar-refractivity contribution in [3.8, 4) is 11.8 Å². The normalized spacial score (nSPS) is 11.8. The lowest BCUT2D eigenvalue weighted by Gasteiger charge is -2.28. The zero-order valence-corrected chi connectivity index (χ0v) is 23.0. The van der Waals surface area contributed by atoms with Crippen molar-refractivity contribution in [3.05, 3.63) is 36.2 Å². The fourth-order valence-corrected chi connectivity index (χ4v) is 3.46. The second-order valence-corrected chi connectivity index (χ2v) is 9.84. The van der Waals surface area contributed by atoms with Crippen LogP contribution in [-0.4, -0.2) is 68.9 Å². The maximum absolute atomic E-state index is 12.4. The molecule has 0 fully saturated rings. The monoisotopic (exact) mass is 520 g/mol. The summed E-state index contributed by atoms with van der Waals surface area (Å²) in [5, 5.41) is 14.4. The van der Waals surface area contributed by atoms with E-state index in [0.717, 1.165) is 16.6 Å². The van der Waals surface area contributed by atoms with Crippen molar-refractivity contribution in [1.29, 1.82) is 0 Å². The van der Waals surface area contributed by atoms with Gasteiger partial charge in [-0.2, -0.15) is 10.1 Å². The number of fused-ring (bicyclic) bond motifs is 1. The Hall–Kier alpha value is -4.33. The van der Waals surface area contributed by atoms with E-state index < -0.39 is 17.7 Å². The highest BCUT2D eigenvalue weighted by molar-refractivity contribution is 5.85. The molecular weight excluding hydrogens is 484 g/mol. The Balaban J connectivity index is 1.49. The van der Waals surface area contributed by atoms with E-state index in [2.05, 4.69) is 42.9 Å². The minimum Gasteiger partial charge on any atom is -0.444 e. The van der Waals surface area contributed by atoms with Crippen LogP contribution < -0.4 is 16.0 Å². The smallest absolute Gasteiger partial charge is 0.410 e. The minimum absolute atomic E-state index is 0.247. The van der Waals surface area contributed by atoms with Crippen molar-refractivity contribution >= 4 is 40.4 Å². The molecule has 3 aromatic rings. The summed E-state index contributed by atoms with van der Waals surface area (Å²) in [7, 11) is 5.23.